The summed E-state index contributed by atoms with van der Waals surface area (Å²) in [6.45, 7) is 3.56. The van der Waals surface area contributed by atoms with Crippen LogP contribution in [-0.2, 0) is 11.3 Å². The Hall–Kier alpha value is -2.21. The molecule has 1 aromatic carbocycles. The standard InChI is InChI=1S/C19H22FN3O2/c20-16-6-2-5-15-17(24)11-14(21-18(15)16)12-22-7-9-23(10-8-22)19(25)13-3-1-4-13/h2,5-6,11,13H,1,3-4,7-10,12H2,(H,21,24). The van der Waals surface area contributed by atoms with Gasteiger partial charge in [-0.25, -0.2) is 4.39 Å². The second-order valence-electron chi connectivity index (χ2n) is 7.05. The highest BCUT2D eigenvalue weighted by Crippen LogP contribution is 2.28. The molecule has 132 valence electrons. The van der Waals surface area contributed by atoms with E-state index < -0.39 is 5.82 Å². The lowest BCUT2D eigenvalue weighted by Crippen LogP contribution is -2.50. The van der Waals surface area contributed by atoms with Crippen molar-refractivity contribution in [1.82, 2.24) is 14.8 Å². The number of halogens is 1. The summed E-state index contributed by atoms with van der Waals surface area (Å²) in [5.41, 5.74) is 0.812. The number of piperazine rings is 1. The highest BCUT2D eigenvalue weighted by Gasteiger charge is 2.31. The summed E-state index contributed by atoms with van der Waals surface area (Å²) in [4.78, 5) is 31.7. The van der Waals surface area contributed by atoms with Crippen LogP contribution in [0.5, 0.6) is 0 Å². The number of nitrogens with one attached hydrogen (secondary N) is 1. The lowest BCUT2D eigenvalue weighted by atomic mass is 9.84. The lowest BCUT2D eigenvalue weighted by molar-refractivity contribution is -0.140. The highest BCUT2D eigenvalue weighted by molar-refractivity contribution is 5.80. The van der Waals surface area contributed by atoms with Gasteiger partial charge in [0.1, 0.15) is 5.82 Å². The van der Waals surface area contributed by atoms with E-state index in [1.807, 2.05) is 4.90 Å². The SMILES string of the molecule is O=C(C1CCC1)N1CCN(Cc2cc(=O)c3cccc(F)c3[nH]2)CC1. The Kier molecular flexibility index (Phi) is 4.29. The van der Waals surface area contributed by atoms with Crippen molar-refractivity contribution in [2.45, 2.75) is 25.8 Å². The van der Waals surface area contributed by atoms with Gasteiger partial charge in [-0.3, -0.25) is 14.5 Å². The van der Waals surface area contributed by atoms with E-state index in [4.69, 9.17) is 0 Å². The van der Waals surface area contributed by atoms with Gasteiger partial charge in [0.25, 0.3) is 0 Å². The molecular formula is C19H22FN3O2. The molecule has 2 fully saturated rings. The van der Waals surface area contributed by atoms with Crippen LogP contribution >= 0.6 is 0 Å². The average molecular weight is 343 g/mol. The molecule has 0 atom stereocenters. The Morgan fingerprint density at radius 3 is 2.64 bits per heavy atom. The van der Waals surface area contributed by atoms with Gasteiger partial charge in [0.05, 0.1) is 5.52 Å². The average Bonchev–Trinajstić information content (AvgIpc) is 2.55. The van der Waals surface area contributed by atoms with Crippen LogP contribution in [0.2, 0.25) is 0 Å². The van der Waals surface area contributed by atoms with Crippen molar-refractivity contribution in [1.29, 1.82) is 0 Å². The number of amides is 1. The second-order valence-corrected chi connectivity index (χ2v) is 7.05. The molecule has 1 saturated carbocycles. The third-order valence-corrected chi connectivity index (χ3v) is 5.40. The summed E-state index contributed by atoms with van der Waals surface area (Å²) in [7, 11) is 0. The van der Waals surface area contributed by atoms with Crippen LogP contribution < -0.4 is 5.43 Å². The molecule has 6 heteroatoms. The van der Waals surface area contributed by atoms with Gasteiger partial charge in [0.15, 0.2) is 5.43 Å². The normalized spacial score (nSPS) is 19.2. The van der Waals surface area contributed by atoms with Gasteiger partial charge in [-0.1, -0.05) is 12.5 Å². The molecule has 0 spiro atoms. The number of aromatic amines is 1. The topological polar surface area (TPSA) is 56.4 Å². The van der Waals surface area contributed by atoms with Crippen LogP contribution in [0.1, 0.15) is 25.0 Å². The Morgan fingerprint density at radius 2 is 1.96 bits per heavy atom. The maximum atomic E-state index is 14.0. The van der Waals surface area contributed by atoms with Crippen molar-refractivity contribution in [3.63, 3.8) is 0 Å². The van der Waals surface area contributed by atoms with E-state index in [1.54, 1.807) is 18.2 Å². The monoisotopic (exact) mass is 343 g/mol. The number of carbonyl (C=O) groups excluding carboxylic acids is 1. The molecule has 1 aliphatic carbocycles. The predicted molar refractivity (Wildman–Crippen MR) is 93.7 cm³/mol. The van der Waals surface area contributed by atoms with E-state index in [-0.39, 0.29) is 16.9 Å². The molecule has 0 unspecified atom stereocenters. The molecule has 1 amide bonds. The number of hydrogen-bond donors (Lipinski definition) is 1. The Bertz CT molecular complexity index is 851. The first-order valence-corrected chi connectivity index (χ1v) is 8.93. The minimum Gasteiger partial charge on any atom is -0.355 e. The van der Waals surface area contributed by atoms with Gasteiger partial charge in [-0.2, -0.15) is 0 Å². The summed E-state index contributed by atoms with van der Waals surface area (Å²) in [5, 5.41) is 0.375. The van der Waals surface area contributed by atoms with Crippen molar-refractivity contribution < 1.29 is 9.18 Å². The largest absolute Gasteiger partial charge is 0.355 e. The third kappa shape index (κ3) is 3.18. The second kappa shape index (κ2) is 6.59. The number of hydrogen-bond acceptors (Lipinski definition) is 3. The molecule has 0 radical (unpaired) electrons. The van der Waals surface area contributed by atoms with E-state index in [2.05, 4.69) is 9.88 Å². The van der Waals surface area contributed by atoms with Gasteiger partial charge in [-0.15, -0.1) is 0 Å². The molecule has 0 bridgehead atoms. The third-order valence-electron chi connectivity index (χ3n) is 5.40. The van der Waals surface area contributed by atoms with Gasteiger partial charge >= 0.3 is 0 Å². The number of H-pyrrole nitrogens is 1. The molecule has 2 aliphatic rings. The van der Waals surface area contributed by atoms with Crippen molar-refractivity contribution in [3.8, 4) is 0 Å². The number of pyridine rings is 1. The van der Waals surface area contributed by atoms with Gasteiger partial charge in [0.2, 0.25) is 5.91 Å². The van der Waals surface area contributed by atoms with E-state index in [0.29, 0.717) is 23.5 Å². The zero-order valence-corrected chi connectivity index (χ0v) is 14.1. The summed E-state index contributed by atoms with van der Waals surface area (Å²) in [6, 6.07) is 6.08. The van der Waals surface area contributed by atoms with Crippen molar-refractivity contribution >= 4 is 16.8 Å². The lowest BCUT2D eigenvalue weighted by Gasteiger charge is -2.38. The Morgan fingerprint density at radius 1 is 1.20 bits per heavy atom. The summed E-state index contributed by atoms with van der Waals surface area (Å²) in [6.07, 6.45) is 3.23. The smallest absolute Gasteiger partial charge is 0.225 e. The zero-order chi connectivity index (χ0) is 17.4. The fraction of sp³-hybridized carbons (Fsp3) is 0.474. The van der Waals surface area contributed by atoms with Crippen LogP contribution in [-0.4, -0.2) is 46.9 Å². The molecule has 1 saturated heterocycles. The van der Waals surface area contributed by atoms with Crippen LogP contribution in [0.15, 0.2) is 29.1 Å². The maximum absolute atomic E-state index is 14.0. The first-order chi connectivity index (χ1) is 12.1. The van der Waals surface area contributed by atoms with Crippen molar-refractivity contribution in [2.75, 3.05) is 26.2 Å². The molecule has 1 aromatic heterocycles. The van der Waals surface area contributed by atoms with Crippen molar-refractivity contribution in [2.24, 2.45) is 5.92 Å². The first-order valence-electron chi connectivity index (χ1n) is 8.93. The quantitative estimate of drug-likeness (QED) is 0.929. The Labute approximate surface area is 145 Å². The van der Waals surface area contributed by atoms with E-state index in [9.17, 15) is 14.0 Å². The Balaban J connectivity index is 1.43. The highest BCUT2D eigenvalue weighted by atomic mass is 19.1. The summed E-state index contributed by atoms with van der Waals surface area (Å²) >= 11 is 0. The molecule has 25 heavy (non-hydrogen) atoms. The fourth-order valence-corrected chi connectivity index (χ4v) is 3.65. The number of aromatic nitrogens is 1. The van der Waals surface area contributed by atoms with Crippen LogP contribution in [0, 0.1) is 11.7 Å². The van der Waals surface area contributed by atoms with Gasteiger partial charge < -0.3 is 9.88 Å². The predicted octanol–water partition coefficient (Wildman–Crippen LogP) is 2.11. The molecule has 1 N–H and O–H groups in total. The van der Waals surface area contributed by atoms with Crippen LogP contribution in [0.3, 0.4) is 0 Å². The fourth-order valence-electron chi connectivity index (χ4n) is 3.65. The zero-order valence-electron chi connectivity index (χ0n) is 14.1. The summed E-state index contributed by atoms with van der Waals surface area (Å²) in [5.74, 6) is 0.130. The van der Waals surface area contributed by atoms with Gasteiger partial charge in [0, 0.05) is 55.8 Å². The van der Waals surface area contributed by atoms with E-state index in [0.717, 1.165) is 39.0 Å². The number of nitrogens with zero attached hydrogens (tertiary/aromatic N) is 2. The van der Waals surface area contributed by atoms with Crippen LogP contribution in [0.25, 0.3) is 10.9 Å². The van der Waals surface area contributed by atoms with E-state index >= 15 is 0 Å². The minimum absolute atomic E-state index is 0.165. The number of benzene rings is 1. The van der Waals surface area contributed by atoms with Crippen molar-refractivity contribution in [3.05, 3.63) is 46.0 Å². The molecule has 2 aromatic rings. The maximum Gasteiger partial charge on any atom is 0.225 e. The number of fused-ring (bicyclic) bond motifs is 1. The number of para-hydroxylation sites is 1. The van der Waals surface area contributed by atoms with Crippen LogP contribution in [0.4, 0.5) is 4.39 Å². The number of rotatable bonds is 3. The van der Waals surface area contributed by atoms with Gasteiger partial charge in [-0.05, 0) is 25.0 Å². The molecule has 4 rings (SSSR count). The molecule has 2 heterocycles. The first kappa shape index (κ1) is 16.3. The van der Waals surface area contributed by atoms with E-state index in [1.165, 1.54) is 12.5 Å². The minimum atomic E-state index is -0.410. The molecule has 1 aliphatic heterocycles. The summed E-state index contributed by atoms with van der Waals surface area (Å²) < 4.78 is 14.0. The molecular weight excluding hydrogens is 321 g/mol. The number of carbonyl (C=O) groups is 1. The molecule has 5 nitrogen and oxygen atoms in total.